The highest BCUT2D eigenvalue weighted by molar-refractivity contribution is 14.1. The number of esters is 1. The van der Waals surface area contributed by atoms with Gasteiger partial charge in [-0.2, -0.15) is 0 Å². The summed E-state index contributed by atoms with van der Waals surface area (Å²) in [7, 11) is 0. The Morgan fingerprint density at radius 2 is 1.88 bits per heavy atom. The highest BCUT2D eigenvalue weighted by Gasteiger charge is 2.07. The normalized spacial score (nSPS) is 10.2. The first-order valence-electron chi connectivity index (χ1n) is 8.15. The van der Waals surface area contributed by atoms with E-state index in [0.717, 1.165) is 22.0 Å². The molecule has 2 rings (SSSR count). The number of carbonyl (C=O) groups is 2. The predicted molar refractivity (Wildman–Crippen MR) is 107 cm³/mol. The van der Waals surface area contributed by atoms with Gasteiger partial charge >= 0.3 is 12.0 Å². The van der Waals surface area contributed by atoms with Crippen LogP contribution in [0.4, 0.5) is 10.5 Å². The van der Waals surface area contributed by atoms with Crippen molar-refractivity contribution in [3.63, 3.8) is 0 Å². The molecule has 2 amide bonds. The number of carbonyl (C=O) groups excluding carboxylic acids is 2. The van der Waals surface area contributed by atoms with Gasteiger partial charge in [0.2, 0.25) is 0 Å². The van der Waals surface area contributed by atoms with Crippen molar-refractivity contribution in [3.05, 3.63) is 63.2 Å². The highest BCUT2D eigenvalue weighted by Crippen LogP contribution is 2.11. The van der Waals surface area contributed by atoms with Crippen molar-refractivity contribution in [2.24, 2.45) is 0 Å². The zero-order valence-electron chi connectivity index (χ0n) is 14.0. The topological polar surface area (TPSA) is 67.4 Å². The number of anilines is 1. The second kappa shape index (κ2) is 10.0. The molecule has 0 aliphatic heterocycles. The Hall–Kier alpha value is -2.09. The van der Waals surface area contributed by atoms with Crippen LogP contribution in [0.3, 0.4) is 0 Å². The van der Waals surface area contributed by atoms with Crippen molar-refractivity contribution in [3.8, 4) is 0 Å². The van der Waals surface area contributed by atoms with Gasteiger partial charge in [0, 0.05) is 15.8 Å². The Labute approximate surface area is 161 Å². The first-order chi connectivity index (χ1) is 12.1. The molecule has 0 aliphatic carbocycles. The van der Waals surface area contributed by atoms with Crippen LogP contribution in [0.25, 0.3) is 0 Å². The van der Waals surface area contributed by atoms with E-state index in [0.29, 0.717) is 24.4 Å². The van der Waals surface area contributed by atoms with E-state index in [1.54, 1.807) is 24.3 Å². The monoisotopic (exact) mass is 452 g/mol. The number of rotatable bonds is 7. The van der Waals surface area contributed by atoms with Crippen LogP contribution in [0.2, 0.25) is 0 Å². The summed E-state index contributed by atoms with van der Waals surface area (Å²) in [5, 5.41) is 5.54. The molecule has 0 heterocycles. The number of nitrogens with one attached hydrogen (secondary N) is 2. The number of hydrogen-bond donors (Lipinski definition) is 2. The summed E-state index contributed by atoms with van der Waals surface area (Å²) in [4.78, 5) is 23.8. The van der Waals surface area contributed by atoms with E-state index < -0.39 is 0 Å². The van der Waals surface area contributed by atoms with Gasteiger partial charge < -0.3 is 15.4 Å². The third-order valence-electron chi connectivity index (χ3n) is 3.45. The molecule has 6 heteroatoms. The largest absolute Gasteiger partial charge is 0.462 e. The summed E-state index contributed by atoms with van der Waals surface area (Å²) >= 11 is 2.23. The molecule has 0 bridgehead atoms. The van der Waals surface area contributed by atoms with Crippen molar-refractivity contribution in [1.82, 2.24) is 5.32 Å². The van der Waals surface area contributed by atoms with Crippen LogP contribution in [0, 0.1) is 3.57 Å². The fourth-order valence-electron chi connectivity index (χ4n) is 2.09. The summed E-state index contributed by atoms with van der Waals surface area (Å²) < 4.78 is 6.27. The number of ether oxygens (including phenoxy) is 1. The minimum atomic E-state index is -0.344. The van der Waals surface area contributed by atoms with Gasteiger partial charge in [-0.05, 0) is 71.0 Å². The minimum Gasteiger partial charge on any atom is -0.462 e. The van der Waals surface area contributed by atoms with Crippen LogP contribution in [-0.4, -0.2) is 18.6 Å². The van der Waals surface area contributed by atoms with Gasteiger partial charge in [0.05, 0.1) is 12.2 Å². The van der Waals surface area contributed by atoms with E-state index in [1.807, 2.05) is 31.2 Å². The molecule has 0 saturated carbocycles. The molecule has 5 nitrogen and oxygen atoms in total. The lowest BCUT2D eigenvalue weighted by atomic mass is 10.2. The van der Waals surface area contributed by atoms with Gasteiger partial charge in [-0.15, -0.1) is 0 Å². The van der Waals surface area contributed by atoms with Gasteiger partial charge in [0.15, 0.2) is 0 Å². The fraction of sp³-hybridized carbons (Fsp3) is 0.263. The predicted octanol–water partition coefficient (Wildman–Crippen LogP) is 4.57. The molecule has 0 radical (unpaired) electrons. The summed E-state index contributed by atoms with van der Waals surface area (Å²) in [6.45, 7) is 2.92. The number of hydrogen-bond acceptors (Lipinski definition) is 3. The lowest BCUT2D eigenvalue weighted by Crippen LogP contribution is -2.28. The highest BCUT2D eigenvalue weighted by atomic mass is 127. The Kier molecular flexibility index (Phi) is 7.72. The van der Waals surface area contributed by atoms with E-state index in [1.165, 1.54) is 0 Å². The van der Waals surface area contributed by atoms with E-state index in [2.05, 4.69) is 33.2 Å². The third kappa shape index (κ3) is 6.74. The summed E-state index contributed by atoms with van der Waals surface area (Å²) in [6, 6.07) is 14.3. The number of benzene rings is 2. The number of unbranched alkanes of at least 4 members (excludes halogenated alkanes) is 1. The Bertz CT molecular complexity index is 717. The molecule has 0 unspecified atom stereocenters. The maximum absolute atomic E-state index is 11.9. The summed E-state index contributed by atoms with van der Waals surface area (Å²) in [5.41, 5.74) is 2.12. The molecule has 2 aromatic rings. The molecule has 0 aromatic heterocycles. The summed E-state index contributed by atoms with van der Waals surface area (Å²) in [5.74, 6) is -0.344. The molecule has 2 N–H and O–H groups in total. The molecule has 25 heavy (non-hydrogen) atoms. The number of halogens is 1. The van der Waals surface area contributed by atoms with Crippen LogP contribution in [0.5, 0.6) is 0 Å². The van der Waals surface area contributed by atoms with Crippen LogP contribution in [0.1, 0.15) is 35.7 Å². The lowest BCUT2D eigenvalue weighted by Gasteiger charge is -2.09. The molecule has 2 aromatic carbocycles. The van der Waals surface area contributed by atoms with E-state index in [4.69, 9.17) is 4.74 Å². The minimum absolute atomic E-state index is 0.294. The molecule has 0 fully saturated rings. The zero-order valence-corrected chi connectivity index (χ0v) is 16.2. The Morgan fingerprint density at radius 3 is 2.56 bits per heavy atom. The third-order valence-corrected chi connectivity index (χ3v) is 4.12. The fourth-order valence-corrected chi connectivity index (χ4v) is 2.69. The molecular formula is C19H21IN2O3. The first-order valence-corrected chi connectivity index (χ1v) is 9.23. The molecule has 0 saturated heterocycles. The molecular weight excluding hydrogens is 431 g/mol. The van der Waals surface area contributed by atoms with Crippen molar-refractivity contribution < 1.29 is 14.3 Å². The van der Waals surface area contributed by atoms with Gasteiger partial charge in [-0.25, -0.2) is 9.59 Å². The van der Waals surface area contributed by atoms with Crippen molar-refractivity contribution in [2.75, 3.05) is 11.9 Å². The zero-order chi connectivity index (χ0) is 18.1. The van der Waals surface area contributed by atoms with Crippen molar-refractivity contribution in [1.29, 1.82) is 0 Å². The van der Waals surface area contributed by atoms with Gasteiger partial charge in [0.1, 0.15) is 0 Å². The second-order valence-corrected chi connectivity index (χ2v) is 6.75. The van der Waals surface area contributed by atoms with Crippen LogP contribution >= 0.6 is 22.6 Å². The molecule has 0 spiro atoms. The summed E-state index contributed by atoms with van der Waals surface area (Å²) in [6.07, 6.45) is 1.83. The SMILES string of the molecule is CCCCOC(=O)c1ccc(NC(=O)NCc2cccc(I)c2)cc1. The first kappa shape index (κ1) is 19.2. The smallest absolute Gasteiger partial charge is 0.338 e. The average Bonchev–Trinajstić information content (AvgIpc) is 2.61. The number of urea groups is 1. The quantitative estimate of drug-likeness (QED) is 0.368. The van der Waals surface area contributed by atoms with Crippen molar-refractivity contribution in [2.45, 2.75) is 26.3 Å². The van der Waals surface area contributed by atoms with Crippen LogP contribution in [-0.2, 0) is 11.3 Å². The maximum Gasteiger partial charge on any atom is 0.338 e. The Morgan fingerprint density at radius 1 is 1.12 bits per heavy atom. The van der Waals surface area contributed by atoms with E-state index >= 15 is 0 Å². The second-order valence-electron chi connectivity index (χ2n) is 5.50. The Balaban J connectivity index is 1.81. The molecule has 0 atom stereocenters. The van der Waals surface area contributed by atoms with Gasteiger partial charge in [-0.3, -0.25) is 0 Å². The van der Waals surface area contributed by atoms with E-state index in [-0.39, 0.29) is 12.0 Å². The van der Waals surface area contributed by atoms with Gasteiger partial charge in [-0.1, -0.05) is 25.5 Å². The average molecular weight is 452 g/mol. The molecule has 132 valence electrons. The standard InChI is InChI=1S/C19H21IN2O3/c1-2-3-11-25-18(23)15-7-9-17(10-8-15)22-19(24)21-13-14-5-4-6-16(20)12-14/h4-10,12H,2-3,11,13H2,1H3,(H2,21,22,24). The van der Waals surface area contributed by atoms with Crippen molar-refractivity contribution >= 4 is 40.3 Å². The maximum atomic E-state index is 11.9. The molecule has 0 aliphatic rings. The lowest BCUT2D eigenvalue weighted by molar-refractivity contribution is 0.0500. The van der Waals surface area contributed by atoms with Gasteiger partial charge in [0.25, 0.3) is 0 Å². The van der Waals surface area contributed by atoms with Crippen LogP contribution in [0.15, 0.2) is 48.5 Å². The van der Waals surface area contributed by atoms with Crippen LogP contribution < -0.4 is 10.6 Å². The van der Waals surface area contributed by atoms with E-state index in [9.17, 15) is 9.59 Å². The number of amides is 2.